The fourth-order valence-electron chi connectivity index (χ4n) is 6.20. The fraction of sp³-hybridized carbons (Fsp3) is 0.0769. The van der Waals surface area contributed by atoms with Gasteiger partial charge in [-0.1, -0.05) is 23.2 Å². The number of pyridine rings is 4. The van der Waals surface area contributed by atoms with E-state index in [9.17, 15) is 59.5 Å². The molecule has 8 aromatic rings. The molecule has 4 aromatic carbocycles. The van der Waals surface area contributed by atoms with Crippen LogP contribution in [0.15, 0.2) is 140 Å². The van der Waals surface area contributed by atoms with Gasteiger partial charge in [-0.15, -0.1) is 0 Å². The summed E-state index contributed by atoms with van der Waals surface area (Å²) in [5.41, 5.74) is 1.68. The molecule has 0 amide bonds. The predicted octanol–water partition coefficient (Wildman–Crippen LogP) is 12.3. The van der Waals surface area contributed by atoms with Crippen LogP contribution < -0.4 is 9.38 Å². The number of nitrogens with zero attached hydrogens (tertiary/aromatic N) is 4. The molecule has 0 fully saturated rings. The van der Waals surface area contributed by atoms with Crippen molar-refractivity contribution in [3.05, 3.63) is 219 Å². The first-order chi connectivity index (χ1) is 35.0. The van der Waals surface area contributed by atoms with Crippen molar-refractivity contribution in [1.82, 2.24) is 15.0 Å². The van der Waals surface area contributed by atoms with Crippen molar-refractivity contribution in [2.45, 2.75) is 27.7 Å². The van der Waals surface area contributed by atoms with E-state index in [0.29, 0.717) is 35.7 Å². The lowest BCUT2D eigenvalue weighted by Crippen LogP contribution is -2.34. The molecule has 0 aliphatic heterocycles. The lowest BCUT2D eigenvalue weighted by atomic mass is 10.0. The van der Waals surface area contributed by atoms with Gasteiger partial charge in [-0.05, 0) is 119 Å². The lowest BCUT2D eigenvalue weighted by Gasteiger charge is -2.07. The van der Waals surface area contributed by atoms with Crippen LogP contribution in [0.4, 0.5) is 35.1 Å². The second-order valence-electron chi connectivity index (χ2n) is 14.8. The van der Waals surface area contributed by atoms with E-state index in [-0.39, 0.29) is 84.1 Å². The molecule has 0 atom stereocenters. The monoisotopic (exact) mass is 1060 g/mol. The summed E-state index contributed by atoms with van der Waals surface area (Å²) >= 11 is 11.3. The summed E-state index contributed by atoms with van der Waals surface area (Å²) in [5, 5.41) is 18.2. The summed E-state index contributed by atoms with van der Waals surface area (Å²) in [6.45, 7) is 5.49. The number of benzene rings is 4. The highest BCUT2D eigenvalue weighted by Crippen LogP contribution is 2.28. The summed E-state index contributed by atoms with van der Waals surface area (Å²) in [6, 6.07) is 24.3. The van der Waals surface area contributed by atoms with Crippen molar-refractivity contribution in [3.63, 3.8) is 0 Å². The highest BCUT2D eigenvalue weighted by molar-refractivity contribution is 6.32. The van der Waals surface area contributed by atoms with Crippen molar-refractivity contribution < 1.29 is 73.9 Å². The van der Waals surface area contributed by atoms with E-state index in [4.69, 9.17) is 28.2 Å². The number of carbonyl (C=O) groups is 4. The SMILES string of the molecule is CC(=O)c1ccc(Cl)nc1-c1ccc(F)cc1F.CC(=O)c1ccc[n+](O)c1-c1ccc(F)cc1F.CC(=O)c1cccnc1-c1ccc(F)cc1F.CC(=O)c1cccnc1Cl.O[B]Oc1ccc(F)cc1F. The third-order valence-corrected chi connectivity index (χ3v) is 10.1. The van der Waals surface area contributed by atoms with Gasteiger partial charge < -0.3 is 9.68 Å². The Morgan fingerprint density at radius 1 is 0.514 bits per heavy atom. The van der Waals surface area contributed by atoms with Gasteiger partial charge >= 0.3 is 7.69 Å². The van der Waals surface area contributed by atoms with Crippen molar-refractivity contribution >= 4 is 54.0 Å². The first-order valence-corrected chi connectivity index (χ1v) is 21.7. The molecule has 1 radical (unpaired) electrons. The zero-order valence-electron chi connectivity index (χ0n) is 38.9. The molecule has 74 heavy (non-hydrogen) atoms. The normalized spacial score (nSPS) is 10.1. The number of ketones is 4. The molecule has 0 saturated heterocycles. The lowest BCUT2D eigenvalue weighted by molar-refractivity contribution is -0.896. The molecular weight excluding hydrogens is 1030 g/mol. The number of hydrogen-bond donors (Lipinski definition) is 2. The number of rotatable bonds is 9. The van der Waals surface area contributed by atoms with Crippen molar-refractivity contribution in [2.24, 2.45) is 0 Å². The van der Waals surface area contributed by atoms with E-state index in [1.165, 1.54) is 82.6 Å². The van der Waals surface area contributed by atoms with E-state index < -0.39 is 46.5 Å². The van der Waals surface area contributed by atoms with Gasteiger partial charge in [-0.25, -0.2) is 45.1 Å². The van der Waals surface area contributed by atoms with Crippen molar-refractivity contribution in [3.8, 4) is 39.5 Å². The Hall–Kier alpha value is -8.20. The van der Waals surface area contributed by atoms with Crippen LogP contribution in [0.25, 0.3) is 33.8 Å². The second-order valence-corrected chi connectivity index (χ2v) is 15.5. The highest BCUT2D eigenvalue weighted by Gasteiger charge is 2.25. The molecule has 0 saturated carbocycles. The van der Waals surface area contributed by atoms with Gasteiger partial charge in [0.2, 0.25) is 6.20 Å². The summed E-state index contributed by atoms with van der Waals surface area (Å²) in [5.74, 6) is -7.04. The van der Waals surface area contributed by atoms with Gasteiger partial charge in [0.1, 0.15) is 56.8 Å². The third kappa shape index (κ3) is 16.4. The zero-order chi connectivity index (χ0) is 54.8. The molecule has 379 valence electrons. The van der Waals surface area contributed by atoms with E-state index in [1.54, 1.807) is 30.5 Å². The minimum atomic E-state index is -0.852. The van der Waals surface area contributed by atoms with Crippen LogP contribution in [0.5, 0.6) is 5.75 Å². The van der Waals surface area contributed by atoms with Crippen LogP contribution in [0.2, 0.25) is 10.3 Å². The van der Waals surface area contributed by atoms with Crippen LogP contribution >= 0.6 is 23.2 Å². The maximum absolute atomic E-state index is 13.7. The topological polar surface area (TPSA) is 161 Å². The third-order valence-electron chi connectivity index (χ3n) is 9.55. The van der Waals surface area contributed by atoms with Gasteiger partial charge in [0.05, 0.1) is 28.1 Å². The highest BCUT2D eigenvalue weighted by atomic mass is 35.5. The average Bonchev–Trinajstić information content (AvgIpc) is 3.33. The van der Waals surface area contributed by atoms with E-state index >= 15 is 0 Å². The Morgan fingerprint density at radius 3 is 1.41 bits per heavy atom. The molecule has 0 spiro atoms. The summed E-state index contributed by atoms with van der Waals surface area (Å²) in [7, 11) is 0.330. The quantitative estimate of drug-likeness (QED) is 0.0356. The van der Waals surface area contributed by atoms with Gasteiger partial charge in [-0.3, -0.25) is 29.4 Å². The molecule has 8 rings (SSSR count). The largest absolute Gasteiger partial charge is 0.569 e. The molecular formula is C52H37BCl2F8N4O7+. The Kier molecular flexibility index (Phi) is 21.8. The minimum absolute atomic E-state index is 0.00231. The first kappa shape index (κ1) is 58.4. The minimum Gasteiger partial charge on any atom is -0.535 e. The number of hydrogen-bond acceptors (Lipinski definition) is 10. The molecule has 4 heterocycles. The Labute approximate surface area is 427 Å². The summed E-state index contributed by atoms with van der Waals surface area (Å²) in [6.07, 6.45) is 4.28. The standard InChI is InChI=1S/C13H8ClF2NO.C13H10F2NO2.C13H9F2NO.C7H6ClNO.C6H4BF2O2/c1-7(18)9-4-5-12(14)17-13(9)10-3-2-8(15)6-11(10)16;1-8(17)10-3-2-6-16(18)13(10)11-5-4-9(14)7-12(11)15;1-8(17)10-3-2-6-16-13(10)11-5-4-9(14)7-12(11)15;1-5(10)6-3-2-4-9-7(6)8;8-4-1-2-6(11-7-10)5(9)3-4/h2-6H,1H3;2-7,18H,1H3;2-7H,1H3;2-4H,1H3;1-3,10H/q;+1;;;. The number of carbonyl (C=O) groups excluding carboxylic acids is 4. The predicted molar refractivity (Wildman–Crippen MR) is 258 cm³/mol. The van der Waals surface area contributed by atoms with E-state index in [1.807, 2.05) is 0 Å². The molecule has 11 nitrogen and oxygen atoms in total. The Bertz CT molecular complexity index is 3340. The number of halogens is 10. The van der Waals surface area contributed by atoms with Crippen LogP contribution in [-0.2, 0) is 0 Å². The number of Topliss-reactive ketones (excluding diaryl/α,β-unsaturated/α-hetero) is 4. The Balaban J connectivity index is 0.000000204. The van der Waals surface area contributed by atoms with E-state index in [2.05, 4.69) is 19.6 Å². The van der Waals surface area contributed by atoms with Gasteiger partial charge in [0, 0.05) is 69.7 Å². The molecule has 0 unspecified atom stereocenters. The summed E-state index contributed by atoms with van der Waals surface area (Å²) < 4.78 is 109. The zero-order valence-corrected chi connectivity index (χ0v) is 40.4. The van der Waals surface area contributed by atoms with Crippen LogP contribution in [-0.4, -0.2) is 56.0 Å². The molecule has 4 aromatic heterocycles. The van der Waals surface area contributed by atoms with Gasteiger partial charge in [-0.2, -0.15) is 0 Å². The molecule has 0 aliphatic carbocycles. The molecule has 22 heteroatoms. The average molecular weight is 1060 g/mol. The maximum Gasteiger partial charge on any atom is 0.569 e. The van der Waals surface area contributed by atoms with Gasteiger partial charge in [0.15, 0.2) is 29.0 Å². The molecule has 0 bridgehead atoms. The van der Waals surface area contributed by atoms with Gasteiger partial charge in [0.25, 0.3) is 5.69 Å². The Morgan fingerprint density at radius 2 is 0.946 bits per heavy atom. The maximum atomic E-state index is 13.7. The van der Waals surface area contributed by atoms with Crippen LogP contribution in [0.3, 0.4) is 0 Å². The molecule has 0 aliphatic rings. The first-order valence-electron chi connectivity index (χ1n) is 21.0. The van der Waals surface area contributed by atoms with E-state index in [0.717, 1.165) is 42.5 Å². The van der Waals surface area contributed by atoms with Crippen LogP contribution in [0.1, 0.15) is 69.1 Å². The second kappa shape index (κ2) is 27.6. The van der Waals surface area contributed by atoms with Crippen molar-refractivity contribution in [2.75, 3.05) is 0 Å². The smallest absolute Gasteiger partial charge is 0.535 e. The number of aromatic nitrogens is 4. The fourth-order valence-corrected chi connectivity index (χ4v) is 6.60. The van der Waals surface area contributed by atoms with Crippen LogP contribution in [0, 0.1) is 46.5 Å². The molecule has 2 N–H and O–H groups in total. The van der Waals surface area contributed by atoms with Crippen molar-refractivity contribution in [1.29, 1.82) is 0 Å². The summed E-state index contributed by atoms with van der Waals surface area (Å²) in [4.78, 5) is 56.7.